The van der Waals surface area contributed by atoms with E-state index in [9.17, 15) is 18.0 Å². The molecule has 10 heteroatoms. The number of hydrogen-bond donors (Lipinski definition) is 1. The normalized spacial score (nSPS) is 14.7. The average molecular weight is 647 g/mol. The molecular formula is C30H33BrClN3O4S. The highest BCUT2D eigenvalue weighted by molar-refractivity contribution is 9.10. The number of amides is 2. The zero-order valence-corrected chi connectivity index (χ0v) is 25.5. The smallest absolute Gasteiger partial charge is 0.243 e. The Hall–Kier alpha value is -2.72. The summed E-state index contributed by atoms with van der Waals surface area (Å²) in [6.45, 7) is -0.278. The van der Waals surface area contributed by atoms with Crippen molar-refractivity contribution in [3.05, 3.63) is 99.5 Å². The van der Waals surface area contributed by atoms with Gasteiger partial charge in [0.1, 0.15) is 6.04 Å². The molecule has 0 aliphatic heterocycles. The fraction of sp³-hybridized carbons (Fsp3) is 0.333. The van der Waals surface area contributed by atoms with Crippen molar-refractivity contribution in [2.45, 2.75) is 55.6 Å². The molecule has 1 aliphatic carbocycles. The summed E-state index contributed by atoms with van der Waals surface area (Å²) in [4.78, 5) is 29.3. The molecule has 0 heterocycles. The van der Waals surface area contributed by atoms with E-state index in [-0.39, 0.29) is 23.4 Å². The van der Waals surface area contributed by atoms with Crippen molar-refractivity contribution in [1.29, 1.82) is 0 Å². The molecule has 0 spiro atoms. The maximum absolute atomic E-state index is 13.9. The van der Waals surface area contributed by atoms with Crippen LogP contribution in [-0.2, 0) is 32.6 Å². The maximum Gasteiger partial charge on any atom is 0.243 e. The summed E-state index contributed by atoms with van der Waals surface area (Å²) < 4.78 is 28.4. The summed E-state index contributed by atoms with van der Waals surface area (Å²) in [5.74, 6) is -0.699. The van der Waals surface area contributed by atoms with Crippen LogP contribution in [0.3, 0.4) is 0 Å². The van der Waals surface area contributed by atoms with Gasteiger partial charge in [0.15, 0.2) is 0 Å². The van der Waals surface area contributed by atoms with Crippen molar-refractivity contribution in [3.63, 3.8) is 0 Å². The molecular weight excluding hydrogens is 614 g/mol. The Morgan fingerprint density at radius 2 is 1.57 bits per heavy atom. The Morgan fingerprint density at radius 1 is 0.950 bits per heavy atom. The van der Waals surface area contributed by atoms with E-state index in [4.69, 9.17) is 11.6 Å². The van der Waals surface area contributed by atoms with E-state index in [1.807, 2.05) is 54.6 Å². The van der Waals surface area contributed by atoms with Gasteiger partial charge in [-0.25, -0.2) is 8.42 Å². The molecule has 1 fully saturated rings. The lowest BCUT2D eigenvalue weighted by Gasteiger charge is -2.33. The Labute approximate surface area is 249 Å². The first kappa shape index (κ1) is 30.2. The van der Waals surface area contributed by atoms with Crippen LogP contribution in [0, 0.1) is 0 Å². The monoisotopic (exact) mass is 645 g/mol. The molecule has 3 aromatic carbocycles. The second kappa shape index (κ2) is 13.8. The number of nitrogens with one attached hydrogen (secondary N) is 1. The van der Waals surface area contributed by atoms with E-state index in [1.165, 1.54) is 36.2 Å². The second-order valence-corrected chi connectivity index (χ2v) is 13.5. The predicted octanol–water partition coefficient (Wildman–Crippen LogP) is 5.42. The molecule has 212 valence electrons. The lowest BCUT2D eigenvalue weighted by molar-refractivity contribution is -0.141. The quantitative estimate of drug-likeness (QED) is 0.302. The van der Waals surface area contributed by atoms with Crippen LogP contribution >= 0.6 is 27.5 Å². The minimum Gasteiger partial charge on any atom is -0.352 e. The van der Waals surface area contributed by atoms with E-state index in [2.05, 4.69) is 21.2 Å². The number of nitrogens with zero attached hydrogens (tertiary/aromatic N) is 2. The highest BCUT2D eigenvalue weighted by Crippen LogP contribution is 2.22. The maximum atomic E-state index is 13.9. The predicted molar refractivity (Wildman–Crippen MR) is 160 cm³/mol. The summed E-state index contributed by atoms with van der Waals surface area (Å²) in [5, 5.41) is 3.57. The third kappa shape index (κ3) is 7.94. The van der Waals surface area contributed by atoms with Crippen molar-refractivity contribution in [2.75, 3.05) is 13.6 Å². The number of carbonyl (C=O) groups is 2. The third-order valence-electron chi connectivity index (χ3n) is 7.12. The van der Waals surface area contributed by atoms with Gasteiger partial charge in [-0.3, -0.25) is 9.59 Å². The summed E-state index contributed by atoms with van der Waals surface area (Å²) in [5.41, 5.74) is 1.73. The van der Waals surface area contributed by atoms with Crippen molar-refractivity contribution in [2.24, 2.45) is 0 Å². The number of hydrogen-bond acceptors (Lipinski definition) is 4. The van der Waals surface area contributed by atoms with Gasteiger partial charge < -0.3 is 10.2 Å². The van der Waals surface area contributed by atoms with Gasteiger partial charge in [0, 0.05) is 35.6 Å². The third-order valence-corrected chi connectivity index (χ3v) is 9.72. The zero-order chi connectivity index (χ0) is 28.7. The highest BCUT2D eigenvalue weighted by Gasteiger charge is 2.34. The number of halogens is 2. The lowest BCUT2D eigenvalue weighted by Crippen LogP contribution is -2.54. The van der Waals surface area contributed by atoms with E-state index in [0.717, 1.165) is 45.6 Å². The van der Waals surface area contributed by atoms with E-state index < -0.39 is 28.5 Å². The number of sulfonamides is 1. The van der Waals surface area contributed by atoms with Crippen LogP contribution in [0.1, 0.15) is 36.8 Å². The molecule has 0 saturated heterocycles. The molecule has 3 aromatic rings. The summed E-state index contributed by atoms with van der Waals surface area (Å²) >= 11 is 9.38. The largest absolute Gasteiger partial charge is 0.352 e. The summed E-state index contributed by atoms with van der Waals surface area (Å²) in [6, 6.07) is 22.1. The highest BCUT2D eigenvalue weighted by atomic mass is 79.9. The SMILES string of the molecule is CN(CC(=O)N(Cc1ccc(Br)cc1)[C@H](Cc1ccccc1)C(=O)NC1CCCC1)S(=O)(=O)c1ccc(Cl)cc1. The van der Waals surface area contributed by atoms with Gasteiger partial charge >= 0.3 is 0 Å². The van der Waals surface area contributed by atoms with Gasteiger partial charge in [0.05, 0.1) is 11.4 Å². The van der Waals surface area contributed by atoms with Crippen molar-refractivity contribution < 1.29 is 18.0 Å². The number of carbonyl (C=O) groups excluding carboxylic acids is 2. The van der Waals surface area contributed by atoms with Crippen LogP contribution in [0.5, 0.6) is 0 Å². The minimum atomic E-state index is -3.97. The van der Waals surface area contributed by atoms with Crippen LogP contribution in [0.15, 0.2) is 88.2 Å². The Balaban J connectivity index is 1.65. The summed E-state index contributed by atoms with van der Waals surface area (Å²) in [6.07, 6.45) is 4.24. The first-order valence-electron chi connectivity index (χ1n) is 13.2. The van der Waals surface area contributed by atoms with Crippen LogP contribution in [0.2, 0.25) is 5.02 Å². The number of likely N-dealkylation sites (N-methyl/N-ethyl adjacent to an activating group) is 1. The average Bonchev–Trinajstić information content (AvgIpc) is 3.45. The molecule has 40 heavy (non-hydrogen) atoms. The Kier molecular flexibility index (Phi) is 10.4. The molecule has 1 saturated carbocycles. The lowest BCUT2D eigenvalue weighted by atomic mass is 10.0. The Morgan fingerprint density at radius 3 is 2.20 bits per heavy atom. The van der Waals surface area contributed by atoms with Gasteiger partial charge in [-0.05, 0) is 60.4 Å². The number of benzene rings is 3. The van der Waals surface area contributed by atoms with E-state index >= 15 is 0 Å². The molecule has 2 amide bonds. The van der Waals surface area contributed by atoms with Crippen molar-refractivity contribution in [3.8, 4) is 0 Å². The molecule has 1 aliphatic rings. The Bertz CT molecular complexity index is 1400. The first-order valence-corrected chi connectivity index (χ1v) is 15.8. The molecule has 0 unspecified atom stereocenters. The van der Waals surface area contributed by atoms with Gasteiger partial charge in [-0.15, -0.1) is 0 Å². The van der Waals surface area contributed by atoms with Gasteiger partial charge in [0.25, 0.3) is 0 Å². The fourth-order valence-electron chi connectivity index (χ4n) is 4.86. The van der Waals surface area contributed by atoms with Crippen molar-refractivity contribution >= 4 is 49.4 Å². The molecule has 0 bridgehead atoms. The number of rotatable bonds is 11. The minimum absolute atomic E-state index is 0.0338. The second-order valence-electron chi connectivity index (χ2n) is 10.1. The van der Waals surface area contributed by atoms with Crippen LogP contribution in [0.25, 0.3) is 0 Å². The molecule has 1 N–H and O–H groups in total. The topological polar surface area (TPSA) is 86.8 Å². The zero-order valence-electron chi connectivity index (χ0n) is 22.3. The van der Waals surface area contributed by atoms with Crippen LogP contribution < -0.4 is 5.32 Å². The molecule has 4 rings (SSSR count). The molecule has 0 aromatic heterocycles. The fourth-order valence-corrected chi connectivity index (χ4v) is 6.37. The molecule has 7 nitrogen and oxygen atoms in total. The van der Waals surface area contributed by atoms with Crippen LogP contribution in [0.4, 0.5) is 0 Å². The first-order chi connectivity index (χ1) is 19.1. The molecule has 1 atom stereocenters. The van der Waals surface area contributed by atoms with E-state index in [1.54, 1.807) is 0 Å². The van der Waals surface area contributed by atoms with Crippen molar-refractivity contribution in [1.82, 2.24) is 14.5 Å². The molecule has 0 radical (unpaired) electrons. The standard InChI is InChI=1S/C30H33BrClN3O4S/c1-34(40(38,39)27-17-15-25(32)16-18-27)21-29(36)35(20-23-11-13-24(31)14-12-23)28(19-22-7-3-2-4-8-22)30(37)33-26-9-5-6-10-26/h2-4,7-8,11-18,26,28H,5-6,9-10,19-21H2,1H3,(H,33,37)/t28-/m1/s1. The summed E-state index contributed by atoms with van der Waals surface area (Å²) in [7, 11) is -2.60. The van der Waals surface area contributed by atoms with Gasteiger partial charge in [-0.2, -0.15) is 4.31 Å². The van der Waals surface area contributed by atoms with Gasteiger partial charge in [-0.1, -0.05) is 82.8 Å². The van der Waals surface area contributed by atoms with Crippen LogP contribution in [-0.4, -0.2) is 55.1 Å². The van der Waals surface area contributed by atoms with Gasteiger partial charge in [0.2, 0.25) is 21.8 Å². The van der Waals surface area contributed by atoms with E-state index in [0.29, 0.717) is 11.4 Å².